The molecule has 0 saturated carbocycles. The molecule has 1 aromatic rings. The Morgan fingerprint density at radius 2 is 1.72 bits per heavy atom. The maximum Gasteiger partial charge on any atom is 0.416 e. The maximum absolute atomic E-state index is 12.7. The van der Waals surface area contributed by atoms with E-state index < -0.39 is 41.4 Å². The number of hydrogen-bond donors (Lipinski definition) is 2. The highest BCUT2D eigenvalue weighted by Crippen LogP contribution is 2.30. The van der Waals surface area contributed by atoms with Gasteiger partial charge in [0.15, 0.2) is 0 Å². The van der Waals surface area contributed by atoms with Gasteiger partial charge in [0.1, 0.15) is 11.6 Å². The van der Waals surface area contributed by atoms with Crippen molar-refractivity contribution < 1.29 is 32.3 Å². The Labute approximate surface area is 166 Å². The van der Waals surface area contributed by atoms with Gasteiger partial charge in [0, 0.05) is 12.2 Å². The topological polar surface area (TPSA) is 87.7 Å². The first-order valence-corrected chi connectivity index (χ1v) is 9.16. The van der Waals surface area contributed by atoms with Gasteiger partial charge in [0.25, 0.3) is 5.91 Å². The Morgan fingerprint density at radius 3 is 2.28 bits per heavy atom. The summed E-state index contributed by atoms with van der Waals surface area (Å²) in [5, 5.41) is 4.90. The number of hydrogen-bond acceptors (Lipinski definition) is 4. The molecule has 160 valence electrons. The standard InChI is InChI=1S/C19H24F3N3O4/c1-18(2,3)29-17(28)24-14-6-4-5-11-25(15(14)26)16(27)23-13-9-7-12(8-10-13)19(20,21)22/h7-10,14H,4-6,11H2,1-3H3,(H,23,27)(H,24,28)/t14-/m0/s1. The normalized spacial score (nSPS) is 18.1. The van der Waals surface area contributed by atoms with Crippen LogP contribution in [0.2, 0.25) is 0 Å². The molecule has 10 heteroatoms. The van der Waals surface area contributed by atoms with Crippen LogP contribution in [-0.2, 0) is 15.7 Å². The predicted molar refractivity (Wildman–Crippen MR) is 99.2 cm³/mol. The summed E-state index contributed by atoms with van der Waals surface area (Å²) in [7, 11) is 0. The fraction of sp³-hybridized carbons (Fsp3) is 0.526. The minimum atomic E-state index is -4.48. The monoisotopic (exact) mass is 415 g/mol. The largest absolute Gasteiger partial charge is 0.444 e. The van der Waals surface area contributed by atoms with Crippen molar-refractivity contribution in [2.45, 2.75) is 57.9 Å². The van der Waals surface area contributed by atoms with Gasteiger partial charge in [-0.2, -0.15) is 13.2 Å². The van der Waals surface area contributed by atoms with Gasteiger partial charge in [0.2, 0.25) is 0 Å². The molecule has 0 aromatic heterocycles. The SMILES string of the molecule is CC(C)(C)OC(=O)N[C@H]1CCCCN(C(=O)Nc2ccc(C(F)(F)F)cc2)C1=O. The number of benzene rings is 1. The van der Waals surface area contributed by atoms with Crippen LogP contribution >= 0.6 is 0 Å². The molecule has 0 spiro atoms. The first-order valence-electron chi connectivity index (χ1n) is 9.16. The number of imide groups is 1. The van der Waals surface area contributed by atoms with Gasteiger partial charge in [-0.25, -0.2) is 9.59 Å². The number of anilines is 1. The third-order valence-electron chi connectivity index (χ3n) is 4.09. The van der Waals surface area contributed by atoms with Crippen LogP contribution in [0.4, 0.5) is 28.4 Å². The van der Waals surface area contributed by atoms with E-state index in [1.54, 1.807) is 20.8 Å². The quantitative estimate of drug-likeness (QED) is 0.760. The van der Waals surface area contributed by atoms with Crippen molar-refractivity contribution in [2.24, 2.45) is 0 Å². The van der Waals surface area contributed by atoms with Gasteiger partial charge < -0.3 is 15.4 Å². The van der Waals surface area contributed by atoms with Gasteiger partial charge in [-0.3, -0.25) is 9.69 Å². The van der Waals surface area contributed by atoms with Crippen molar-refractivity contribution in [2.75, 3.05) is 11.9 Å². The van der Waals surface area contributed by atoms with E-state index in [0.29, 0.717) is 19.3 Å². The van der Waals surface area contributed by atoms with Crippen molar-refractivity contribution in [3.63, 3.8) is 0 Å². The molecule has 2 N–H and O–H groups in total. The zero-order valence-corrected chi connectivity index (χ0v) is 16.4. The van der Waals surface area contributed by atoms with Crippen LogP contribution in [0.1, 0.15) is 45.6 Å². The molecule has 1 atom stereocenters. The summed E-state index contributed by atoms with van der Waals surface area (Å²) in [6, 6.07) is 2.21. The number of urea groups is 1. The summed E-state index contributed by atoms with van der Waals surface area (Å²) < 4.78 is 43.0. The lowest BCUT2D eigenvalue weighted by atomic mass is 10.1. The second-order valence-corrected chi connectivity index (χ2v) is 7.69. The van der Waals surface area contributed by atoms with Crippen molar-refractivity contribution >= 4 is 23.7 Å². The fourth-order valence-electron chi connectivity index (χ4n) is 2.76. The zero-order valence-electron chi connectivity index (χ0n) is 16.4. The fourth-order valence-corrected chi connectivity index (χ4v) is 2.76. The molecule has 1 saturated heterocycles. The Bertz CT molecular complexity index is 757. The molecule has 2 rings (SSSR count). The molecule has 0 bridgehead atoms. The first kappa shape index (κ1) is 22.5. The van der Waals surface area contributed by atoms with Gasteiger partial charge >= 0.3 is 18.3 Å². The molecule has 1 heterocycles. The molecule has 1 aliphatic heterocycles. The summed E-state index contributed by atoms with van der Waals surface area (Å²) >= 11 is 0. The van der Waals surface area contributed by atoms with Crippen LogP contribution in [-0.4, -0.2) is 41.1 Å². The zero-order chi connectivity index (χ0) is 21.8. The number of alkyl carbamates (subject to hydrolysis) is 1. The van der Waals surface area contributed by atoms with Crippen LogP contribution in [0.3, 0.4) is 0 Å². The predicted octanol–water partition coefficient (Wildman–Crippen LogP) is 4.14. The third kappa shape index (κ3) is 6.65. The van der Waals surface area contributed by atoms with Gasteiger partial charge in [0.05, 0.1) is 5.56 Å². The van der Waals surface area contributed by atoms with Crippen molar-refractivity contribution in [3.8, 4) is 0 Å². The van der Waals surface area contributed by atoms with Crippen LogP contribution in [0, 0.1) is 0 Å². The van der Waals surface area contributed by atoms with E-state index in [1.807, 2.05) is 0 Å². The van der Waals surface area contributed by atoms with E-state index in [9.17, 15) is 27.6 Å². The van der Waals surface area contributed by atoms with Gasteiger partial charge in [-0.15, -0.1) is 0 Å². The van der Waals surface area contributed by atoms with E-state index in [1.165, 1.54) is 0 Å². The highest BCUT2D eigenvalue weighted by Gasteiger charge is 2.33. The van der Waals surface area contributed by atoms with Gasteiger partial charge in [-0.1, -0.05) is 0 Å². The second-order valence-electron chi connectivity index (χ2n) is 7.69. The minimum absolute atomic E-state index is 0.122. The molecule has 1 fully saturated rings. The van der Waals surface area contributed by atoms with Crippen molar-refractivity contribution in [1.29, 1.82) is 0 Å². The number of carbonyl (C=O) groups excluding carboxylic acids is 3. The molecule has 7 nitrogen and oxygen atoms in total. The second kappa shape index (κ2) is 8.71. The maximum atomic E-state index is 12.7. The Hall–Kier alpha value is -2.78. The molecular formula is C19H24F3N3O4. The Morgan fingerprint density at radius 1 is 1.10 bits per heavy atom. The molecular weight excluding hydrogens is 391 g/mol. The molecule has 0 unspecified atom stereocenters. The lowest BCUT2D eigenvalue weighted by Crippen LogP contribution is -2.51. The average Bonchev–Trinajstić information content (AvgIpc) is 2.75. The van der Waals surface area contributed by atoms with Crippen LogP contribution < -0.4 is 10.6 Å². The molecule has 0 radical (unpaired) electrons. The molecule has 1 aromatic carbocycles. The molecule has 4 amide bonds. The van der Waals surface area contributed by atoms with Crippen LogP contribution in [0.15, 0.2) is 24.3 Å². The van der Waals surface area contributed by atoms with E-state index in [4.69, 9.17) is 4.74 Å². The average molecular weight is 415 g/mol. The molecule has 1 aliphatic rings. The third-order valence-corrected chi connectivity index (χ3v) is 4.09. The minimum Gasteiger partial charge on any atom is -0.444 e. The summed E-state index contributed by atoms with van der Waals surface area (Å²) in [4.78, 5) is 38.1. The number of amides is 4. The summed E-state index contributed by atoms with van der Waals surface area (Å²) in [5.41, 5.74) is -1.46. The Balaban J connectivity index is 2.05. The number of rotatable bonds is 2. The van der Waals surface area contributed by atoms with E-state index in [-0.39, 0.29) is 12.2 Å². The van der Waals surface area contributed by atoms with E-state index in [2.05, 4.69) is 10.6 Å². The molecule has 0 aliphatic carbocycles. The lowest BCUT2D eigenvalue weighted by molar-refractivity contribution is -0.137. The van der Waals surface area contributed by atoms with Crippen molar-refractivity contribution in [1.82, 2.24) is 10.2 Å². The first-order chi connectivity index (χ1) is 13.4. The number of likely N-dealkylation sites (tertiary alicyclic amines) is 1. The highest BCUT2D eigenvalue weighted by atomic mass is 19.4. The van der Waals surface area contributed by atoms with Gasteiger partial charge in [-0.05, 0) is 64.3 Å². The number of ether oxygens (including phenoxy) is 1. The number of halogens is 3. The molecule has 29 heavy (non-hydrogen) atoms. The summed E-state index contributed by atoms with van der Waals surface area (Å²) in [6.45, 7) is 5.19. The smallest absolute Gasteiger partial charge is 0.416 e. The number of nitrogens with zero attached hydrogens (tertiary/aromatic N) is 1. The highest BCUT2D eigenvalue weighted by molar-refractivity contribution is 6.03. The van der Waals surface area contributed by atoms with Crippen LogP contribution in [0.5, 0.6) is 0 Å². The van der Waals surface area contributed by atoms with Crippen molar-refractivity contribution in [3.05, 3.63) is 29.8 Å². The number of carbonyl (C=O) groups is 3. The number of nitrogens with one attached hydrogen (secondary N) is 2. The summed E-state index contributed by atoms with van der Waals surface area (Å²) in [5.74, 6) is -0.599. The number of alkyl halides is 3. The summed E-state index contributed by atoms with van der Waals surface area (Å²) in [6.07, 6.45) is -3.75. The van der Waals surface area contributed by atoms with E-state index in [0.717, 1.165) is 29.2 Å². The van der Waals surface area contributed by atoms with Crippen LogP contribution in [0.25, 0.3) is 0 Å². The lowest BCUT2D eigenvalue weighted by Gasteiger charge is -2.25. The Kier molecular flexibility index (Phi) is 6.76. The van der Waals surface area contributed by atoms with E-state index >= 15 is 0 Å².